The lowest BCUT2D eigenvalue weighted by Gasteiger charge is -2.28. The zero-order chi connectivity index (χ0) is 21.5. The molecule has 154 valence electrons. The van der Waals surface area contributed by atoms with E-state index >= 15 is 0 Å². The fourth-order valence-electron chi connectivity index (χ4n) is 4.34. The lowest BCUT2D eigenvalue weighted by atomic mass is 9.71. The molecule has 1 spiro atoms. The standard InChI is InChI=1S/C23H22N2O5/c1-4-30-22(28)25-14-17(20(26)29-3)23(13-15-9-5-7-11-18(15)25)16-10-6-8-12-19(16)24(2)21(23)27/h5-12,14H,4,13H2,1-3H3. The summed E-state index contributed by atoms with van der Waals surface area (Å²) in [7, 11) is 2.95. The molecule has 0 aromatic heterocycles. The minimum Gasteiger partial charge on any atom is -0.466 e. The number of rotatable bonds is 2. The number of methoxy groups -OCH3 is 1. The maximum Gasteiger partial charge on any atom is 0.418 e. The number of para-hydroxylation sites is 2. The van der Waals surface area contributed by atoms with Crippen LogP contribution in [0.4, 0.5) is 16.2 Å². The highest BCUT2D eigenvalue weighted by Gasteiger charge is 2.56. The first-order valence-electron chi connectivity index (χ1n) is 9.67. The third kappa shape index (κ3) is 2.69. The summed E-state index contributed by atoms with van der Waals surface area (Å²) >= 11 is 0. The van der Waals surface area contributed by atoms with Crippen molar-refractivity contribution in [3.05, 3.63) is 71.4 Å². The number of anilines is 2. The molecule has 2 heterocycles. The van der Waals surface area contributed by atoms with Gasteiger partial charge < -0.3 is 14.4 Å². The molecule has 0 aliphatic carbocycles. The molecule has 0 N–H and O–H groups in total. The molecule has 2 aromatic rings. The van der Waals surface area contributed by atoms with E-state index in [1.54, 1.807) is 31.0 Å². The van der Waals surface area contributed by atoms with Crippen molar-refractivity contribution in [2.75, 3.05) is 30.6 Å². The van der Waals surface area contributed by atoms with Crippen molar-refractivity contribution in [3.63, 3.8) is 0 Å². The van der Waals surface area contributed by atoms with E-state index in [4.69, 9.17) is 9.47 Å². The van der Waals surface area contributed by atoms with Gasteiger partial charge in [-0.2, -0.15) is 0 Å². The van der Waals surface area contributed by atoms with Gasteiger partial charge in [-0.05, 0) is 36.6 Å². The van der Waals surface area contributed by atoms with Crippen LogP contribution in [0.2, 0.25) is 0 Å². The number of hydrogen-bond acceptors (Lipinski definition) is 5. The summed E-state index contributed by atoms with van der Waals surface area (Å²) < 4.78 is 10.3. The van der Waals surface area contributed by atoms with Gasteiger partial charge in [-0.15, -0.1) is 0 Å². The van der Waals surface area contributed by atoms with Crippen LogP contribution < -0.4 is 9.80 Å². The Balaban J connectivity index is 2.05. The minimum atomic E-state index is -1.31. The highest BCUT2D eigenvalue weighted by Crippen LogP contribution is 2.50. The van der Waals surface area contributed by atoms with Gasteiger partial charge in [-0.1, -0.05) is 36.4 Å². The Hall–Kier alpha value is -3.61. The largest absolute Gasteiger partial charge is 0.466 e. The van der Waals surface area contributed by atoms with Crippen LogP contribution in [0.25, 0.3) is 0 Å². The number of esters is 1. The predicted molar refractivity (Wildman–Crippen MR) is 111 cm³/mol. The molecule has 2 amide bonds. The van der Waals surface area contributed by atoms with Gasteiger partial charge in [-0.25, -0.2) is 9.59 Å². The fraction of sp³-hybridized carbons (Fsp3) is 0.261. The third-order valence-electron chi connectivity index (χ3n) is 5.69. The van der Waals surface area contributed by atoms with Gasteiger partial charge in [0.05, 0.1) is 25.0 Å². The lowest BCUT2D eigenvalue weighted by molar-refractivity contribution is -0.138. The van der Waals surface area contributed by atoms with Gasteiger partial charge in [0.15, 0.2) is 0 Å². The Morgan fingerprint density at radius 3 is 2.43 bits per heavy atom. The third-order valence-corrected chi connectivity index (χ3v) is 5.69. The topological polar surface area (TPSA) is 76.1 Å². The smallest absolute Gasteiger partial charge is 0.418 e. The second-order valence-corrected chi connectivity index (χ2v) is 7.20. The minimum absolute atomic E-state index is 0.0936. The van der Waals surface area contributed by atoms with E-state index in [1.807, 2.05) is 36.4 Å². The van der Waals surface area contributed by atoms with Crippen molar-refractivity contribution in [2.24, 2.45) is 0 Å². The summed E-state index contributed by atoms with van der Waals surface area (Å²) in [6, 6.07) is 14.6. The number of carbonyl (C=O) groups is 3. The maximum absolute atomic E-state index is 13.7. The van der Waals surface area contributed by atoms with Gasteiger partial charge in [0.1, 0.15) is 5.41 Å². The summed E-state index contributed by atoms with van der Waals surface area (Å²) in [6.07, 6.45) is 0.972. The Morgan fingerprint density at radius 2 is 1.73 bits per heavy atom. The number of amides is 2. The van der Waals surface area contributed by atoms with Crippen molar-refractivity contribution in [1.82, 2.24) is 0 Å². The molecular weight excluding hydrogens is 384 g/mol. The van der Waals surface area contributed by atoms with Crippen LogP contribution >= 0.6 is 0 Å². The molecule has 2 aliphatic rings. The first kappa shape index (κ1) is 19.7. The van der Waals surface area contributed by atoms with Gasteiger partial charge in [0.2, 0.25) is 5.91 Å². The van der Waals surface area contributed by atoms with E-state index in [0.717, 1.165) is 11.3 Å². The van der Waals surface area contributed by atoms with E-state index in [1.165, 1.54) is 18.2 Å². The molecule has 7 nitrogen and oxygen atoms in total. The first-order chi connectivity index (χ1) is 14.5. The Labute approximate surface area is 174 Å². The monoisotopic (exact) mass is 406 g/mol. The average molecular weight is 406 g/mol. The molecule has 0 bridgehead atoms. The summed E-state index contributed by atoms with van der Waals surface area (Å²) in [5, 5.41) is 0. The fourth-order valence-corrected chi connectivity index (χ4v) is 4.34. The second-order valence-electron chi connectivity index (χ2n) is 7.20. The van der Waals surface area contributed by atoms with Crippen LogP contribution in [0.15, 0.2) is 60.3 Å². The zero-order valence-electron chi connectivity index (χ0n) is 17.0. The SMILES string of the molecule is CCOC(=O)N1C=C(C(=O)OC)C2(Cc3ccccc31)C(=O)N(C)c1ccccc12. The summed E-state index contributed by atoms with van der Waals surface area (Å²) in [5.74, 6) is -0.920. The normalized spacial score (nSPS) is 19.7. The van der Waals surface area contributed by atoms with Crippen LogP contribution in [0.3, 0.4) is 0 Å². The number of hydrogen-bond donors (Lipinski definition) is 0. The van der Waals surface area contributed by atoms with Crippen LogP contribution in [-0.4, -0.2) is 38.7 Å². The summed E-state index contributed by atoms with van der Waals surface area (Å²) in [4.78, 5) is 42.3. The molecule has 0 saturated heterocycles. The quantitative estimate of drug-likeness (QED) is 0.716. The van der Waals surface area contributed by atoms with Gasteiger partial charge in [0.25, 0.3) is 0 Å². The predicted octanol–water partition coefficient (Wildman–Crippen LogP) is 3.18. The molecule has 1 unspecified atom stereocenters. The molecular formula is C23H22N2O5. The van der Waals surface area contributed by atoms with Crippen molar-refractivity contribution in [3.8, 4) is 0 Å². The van der Waals surface area contributed by atoms with Crippen LogP contribution in [0, 0.1) is 0 Å². The molecule has 1 atom stereocenters. The molecule has 2 aromatic carbocycles. The van der Waals surface area contributed by atoms with Crippen molar-refractivity contribution in [1.29, 1.82) is 0 Å². The Morgan fingerprint density at radius 1 is 1.07 bits per heavy atom. The van der Waals surface area contributed by atoms with E-state index in [2.05, 4.69) is 0 Å². The van der Waals surface area contributed by atoms with Gasteiger partial charge in [0, 0.05) is 18.9 Å². The van der Waals surface area contributed by atoms with Crippen LogP contribution in [0.1, 0.15) is 18.1 Å². The second kappa shape index (κ2) is 7.33. The highest BCUT2D eigenvalue weighted by atomic mass is 16.6. The van der Waals surface area contributed by atoms with Crippen LogP contribution in [0.5, 0.6) is 0 Å². The zero-order valence-corrected chi connectivity index (χ0v) is 17.0. The molecule has 30 heavy (non-hydrogen) atoms. The molecule has 0 fully saturated rings. The lowest BCUT2D eigenvalue weighted by Crippen LogP contribution is -2.44. The van der Waals surface area contributed by atoms with Crippen molar-refractivity contribution < 1.29 is 23.9 Å². The van der Waals surface area contributed by atoms with E-state index in [-0.39, 0.29) is 24.5 Å². The number of likely N-dealkylation sites (N-methyl/N-ethyl adjacent to an activating group) is 1. The maximum atomic E-state index is 13.7. The molecule has 0 saturated carbocycles. The number of fused-ring (bicyclic) bond motifs is 3. The average Bonchev–Trinajstić information content (AvgIpc) is 2.90. The number of benzene rings is 2. The molecule has 4 rings (SSSR count). The van der Waals surface area contributed by atoms with Gasteiger partial charge in [-0.3, -0.25) is 9.69 Å². The Kier molecular flexibility index (Phi) is 4.81. The molecule has 0 radical (unpaired) electrons. The molecule has 7 heteroatoms. The van der Waals surface area contributed by atoms with E-state index in [0.29, 0.717) is 11.3 Å². The Bertz CT molecular complexity index is 1080. The van der Waals surface area contributed by atoms with Crippen LogP contribution in [-0.2, 0) is 30.9 Å². The van der Waals surface area contributed by atoms with Crippen molar-refractivity contribution >= 4 is 29.3 Å². The van der Waals surface area contributed by atoms with Crippen molar-refractivity contribution in [2.45, 2.75) is 18.8 Å². The highest BCUT2D eigenvalue weighted by molar-refractivity contribution is 6.16. The first-order valence-corrected chi connectivity index (χ1v) is 9.67. The molecule has 2 aliphatic heterocycles. The van der Waals surface area contributed by atoms with E-state index in [9.17, 15) is 14.4 Å². The van der Waals surface area contributed by atoms with Gasteiger partial charge >= 0.3 is 12.1 Å². The summed E-state index contributed by atoms with van der Waals surface area (Å²) in [5.41, 5.74) is 1.52. The number of ether oxygens (including phenoxy) is 2. The number of carbonyl (C=O) groups excluding carboxylic acids is 3. The summed E-state index contributed by atoms with van der Waals surface area (Å²) in [6.45, 7) is 1.88. The van der Waals surface area contributed by atoms with E-state index < -0.39 is 17.5 Å². The number of nitrogens with zero attached hydrogens (tertiary/aromatic N) is 2.